The van der Waals surface area contributed by atoms with Gasteiger partial charge in [0, 0.05) is 10.9 Å². The summed E-state index contributed by atoms with van der Waals surface area (Å²) in [6, 6.07) is 6.97. The van der Waals surface area contributed by atoms with Gasteiger partial charge < -0.3 is 4.74 Å². The summed E-state index contributed by atoms with van der Waals surface area (Å²) in [7, 11) is 0. The minimum Gasteiger partial charge on any atom is -0.494 e. The number of hydrogen-bond donors (Lipinski definition) is 0. The molecule has 1 aromatic rings. The molecule has 1 aromatic carbocycles. The summed E-state index contributed by atoms with van der Waals surface area (Å²) in [5.41, 5.74) is 0. The molecule has 0 atom stereocenters. The summed E-state index contributed by atoms with van der Waals surface area (Å²) in [4.78, 5) is 0. The molecule has 0 aliphatic heterocycles. The summed E-state index contributed by atoms with van der Waals surface area (Å²) in [6.07, 6.45) is -4.91. The second-order valence-corrected chi connectivity index (χ2v) is 3.94. The van der Waals surface area contributed by atoms with Gasteiger partial charge in [-0.15, -0.1) is 0 Å². The highest BCUT2D eigenvalue weighted by Crippen LogP contribution is 2.22. The second kappa shape index (κ2) is 5.39. The van der Waals surface area contributed by atoms with Crippen LogP contribution in [0, 0.1) is 0 Å². The average Bonchev–Trinajstić information content (AvgIpc) is 2.14. The lowest BCUT2D eigenvalue weighted by molar-refractivity contribution is -0.136. The van der Waals surface area contributed by atoms with E-state index in [1.807, 2.05) is 0 Å². The van der Waals surface area contributed by atoms with Gasteiger partial charge in [-0.05, 0) is 30.7 Å². The number of alkyl halides is 3. The van der Waals surface area contributed by atoms with Crippen molar-refractivity contribution in [2.45, 2.75) is 19.0 Å². The lowest BCUT2D eigenvalue weighted by Crippen LogP contribution is -2.09. The molecule has 0 radical (unpaired) electrons. The van der Waals surface area contributed by atoms with Crippen LogP contribution >= 0.6 is 15.9 Å². The van der Waals surface area contributed by atoms with E-state index in [0.717, 1.165) is 4.47 Å². The van der Waals surface area contributed by atoms with E-state index in [1.54, 1.807) is 24.3 Å². The largest absolute Gasteiger partial charge is 0.494 e. The Morgan fingerprint density at radius 1 is 1.13 bits per heavy atom. The Morgan fingerprint density at radius 3 is 2.27 bits per heavy atom. The Morgan fingerprint density at radius 2 is 1.73 bits per heavy atom. The molecule has 0 aliphatic carbocycles. The van der Waals surface area contributed by atoms with Crippen LogP contribution in [0.25, 0.3) is 0 Å². The first-order chi connectivity index (χ1) is 6.97. The highest BCUT2D eigenvalue weighted by molar-refractivity contribution is 9.10. The van der Waals surface area contributed by atoms with Gasteiger partial charge in [0.05, 0.1) is 6.61 Å². The number of benzene rings is 1. The maximum absolute atomic E-state index is 11.8. The molecule has 0 N–H and O–H groups in total. The van der Waals surface area contributed by atoms with Crippen LogP contribution in [-0.4, -0.2) is 12.8 Å². The first kappa shape index (κ1) is 12.4. The lowest BCUT2D eigenvalue weighted by atomic mass is 10.3. The Hall–Kier alpha value is -0.710. The normalized spacial score (nSPS) is 11.5. The van der Waals surface area contributed by atoms with Crippen molar-refractivity contribution in [2.24, 2.45) is 0 Å². The molecule has 0 spiro atoms. The summed E-state index contributed by atoms with van der Waals surface area (Å²) in [6.45, 7) is 0.0845. The third kappa shape index (κ3) is 5.67. The van der Waals surface area contributed by atoms with E-state index in [1.165, 1.54) is 0 Å². The number of rotatable bonds is 4. The van der Waals surface area contributed by atoms with Crippen molar-refractivity contribution in [2.75, 3.05) is 6.61 Å². The van der Waals surface area contributed by atoms with Crippen molar-refractivity contribution in [1.29, 1.82) is 0 Å². The van der Waals surface area contributed by atoms with Crippen molar-refractivity contribution in [3.05, 3.63) is 28.7 Å². The minimum absolute atomic E-state index is 0.0143. The van der Waals surface area contributed by atoms with Gasteiger partial charge in [-0.25, -0.2) is 0 Å². The Kier molecular flexibility index (Phi) is 4.45. The van der Waals surface area contributed by atoms with Gasteiger partial charge >= 0.3 is 6.18 Å². The number of hydrogen-bond acceptors (Lipinski definition) is 1. The van der Waals surface area contributed by atoms with E-state index < -0.39 is 12.6 Å². The fraction of sp³-hybridized carbons (Fsp3) is 0.400. The molecule has 1 nitrogen and oxygen atoms in total. The fourth-order valence-electron chi connectivity index (χ4n) is 0.993. The second-order valence-electron chi connectivity index (χ2n) is 3.02. The predicted octanol–water partition coefficient (Wildman–Crippen LogP) is 4.17. The molecule has 84 valence electrons. The van der Waals surface area contributed by atoms with Crippen molar-refractivity contribution in [3.63, 3.8) is 0 Å². The summed E-state index contributed by atoms with van der Waals surface area (Å²) >= 11 is 3.25. The van der Waals surface area contributed by atoms with E-state index in [4.69, 9.17) is 4.74 Å². The highest BCUT2D eigenvalue weighted by atomic mass is 79.9. The lowest BCUT2D eigenvalue weighted by Gasteiger charge is -2.07. The van der Waals surface area contributed by atoms with Gasteiger partial charge in [-0.1, -0.05) is 15.9 Å². The van der Waals surface area contributed by atoms with E-state index in [2.05, 4.69) is 15.9 Å². The van der Waals surface area contributed by atoms with Crippen molar-refractivity contribution >= 4 is 15.9 Å². The van der Waals surface area contributed by atoms with Gasteiger partial charge in [0.15, 0.2) is 0 Å². The summed E-state index contributed by atoms with van der Waals surface area (Å²) < 4.78 is 41.4. The molecule has 0 aromatic heterocycles. The smallest absolute Gasteiger partial charge is 0.389 e. The van der Waals surface area contributed by atoms with Crippen LogP contribution in [0.1, 0.15) is 12.8 Å². The maximum Gasteiger partial charge on any atom is 0.389 e. The van der Waals surface area contributed by atoms with Gasteiger partial charge in [0.2, 0.25) is 0 Å². The molecule has 5 heteroatoms. The molecule has 0 aliphatic rings. The fourth-order valence-corrected chi connectivity index (χ4v) is 1.26. The third-order valence-electron chi connectivity index (χ3n) is 1.69. The number of halogens is 4. The molecule has 0 bridgehead atoms. The predicted molar refractivity (Wildman–Crippen MR) is 54.9 cm³/mol. The van der Waals surface area contributed by atoms with Crippen molar-refractivity contribution in [3.8, 4) is 5.75 Å². The zero-order chi connectivity index (χ0) is 11.3. The summed E-state index contributed by atoms with van der Waals surface area (Å²) in [5, 5.41) is 0. The van der Waals surface area contributed by atoms with Crippen LogP contribution in [0.3, 0.4) is 0 Å². The first-order valence-corrected chi connectivity index (χ1v) is 5.22. The topological polar surface area (TPSA) is 9.23 Å². The maximum atomic E-state index is 11.8. The molecular weight excluding hydrogens is 273 g/mol. The Labute approximate surface area is 94.4 Å². The average molecular weight is 283 g/mol. The van der Waals surface area contributed by atoms with Crippen LogP contribution in [0.4, 0.5) is 13.2 Å². The van der Waals surface area contributed by atoms with Crippen LogP contribution in [0.2, 0.25) is 0 Å². The molecule has 1 rings (SSSR count). The van der Waals surface area contributed by atoms with E-state index in [-0.39, 0.29) is 13.0 Å². The van der Waals surface area contributed by atoms with Crippen molar-refractivity contribution in [1.82, 2.24) is 0 Å². The van der Waals surface area contributed by atoms with Crippen LogP contribution in [0.15, 0.2) is 28.7 Å². The molecule has 0 heterocycles. The molecular formula is C10H10BrF3O. The molecule has 0 unspecified atom stereocenters. The minimum atomic E-state index is -4.09. The van der Waals surface area contributed by atoms with Crippen LogP contribution in [0.5, 0.6) is 5.75 Å². The molecule has 0 saturated heterocycles. The van der Waals surface area contributed by atoms with E-state index in [0.29, 0.717) is 5.75 Å². The SMILES string of the molecule is FC(F)(F)CCCOc1ccc(Br)cc1. The van der Waals surface area contributed by atoms with Crippen LogP contribution < -0.4 is 4.74 Å². The zero-order valence-electron chi connectivity index (χ0n) is 7.85. The Balaban J connectivity index is 2.23. The highest BCUT2D eigenvalue weighted by Gasteiger charge is 2.25. The Bertz CT molecular complexity index is 295. The molecule has 0 amide bonds. The third-order valence-corrected chi connectivity index (χ3v) is 2.22. The van der Waals surface area contributed by atoms with Gasteiger partial charge in [0.25, 0.3) is 0 Å². The monoisotopic (exact) mass is 282 g/mol. The first-order valence-electron chi connectivity index (χ1n) is 4.42. The quantitative estimate of drug-likeness (QED) is 0.753. The standard InChI is InChI=1S/C10H10BrF3O/c11-8-2-4-9(5-3-8)15-7-1-6-10(12,13)14/h2-5H,1,6-7H2. The molecule has 0 fully saturated rings. The number of ether oxygens (including phenoxy) is 1. The van der Waals surface area contributed by atoms with E-state index >= 15 is 0 Å². The van der Waals surface area contributed by atoms with Gasteiger partial charge in [-0.3, -0.25) is 0 Å². The zero-order valence-corrected chi connectivity index (χ0v) is 9.44. The molecule has 15 heavy (non-hydrogen) atoms. The summed E-state index contributed by atoms with van der Waals surface area (Å²) in [5.74, 6) is 0.584. The van der Waals surface area contributed by atoms with Gasteiger partial charge in [0.1, 0.15) is 5.75 Å². The van der Waals surface area contributed by atoms with Crippen LogP contribution in [-0.2, 0) is 0 Å². The van der Waals surface area contributed by atoms with E-state index in [9.17, 15) is 13.2 Å². The molecule has 0 saturated carbocycles. The van der Waals surface area contributed by atoms with Gasteiger partial charge in [-0.2, -0.15) is 13.2 Å². The van der Waals surface area contributed by atoms with Crippen molar-refractivity contribution < 1.29 is 17.9 Å².